The lowest BCUT2D eigenvalue weighted by Gasteiger charge is -2.34. The van der Waals surface area contributed by atoms with Gasteiger partial charge in [0.1, 0.15) is 5.92 Å². The Bertz CT molecular complexity index is 544. The topological polar surface area (TPSA) is 81.1 Å². The first-order chi connectivity index (χ1) is 9.90. The van der Waals surface area contributed by atoms with E-state index in [-0.39, 0.29) is 18.9 Å². The molecule has 0 aliphatic carbocycles. The summed E-state index contributed by atoms with van der Waals surface area (Å²) in [5, 5.41) is 18.8. The molecule has 1 aliphatic heterocycles. The van der Waals surface area contributed by atoms with Crippen LogP contribution in [0.1, 0.15) is 16.8 Å². The fourth-order valence-corrected chi connectivity index (χ4v) is 2.47. The summed E-state index contributed by atoms with van der Waals surface area (Å²) in [6.07, 6.45) is -0.601. The van der Waals surface area contributed by atoms with E-state index in [1.165, 1.54) is 4.90 Å². The van der Waals surface area contributed by atoms with Crippen molar-refractivity contribution < 1.29 is 19.8 Å². The molecule has 0 aromatic heterocycles. The van der Waals surface area contributed by atoms with E-state index in [9.17, 15) is 14.7 Å². The van der Waals surface area contributed by atoms with Gasteiger partial charge in [0.05, 0.1) is 6.10 Å². The number of carboxylic acid groups (broad SMARTS) is 1. The first-order valence-corrected chi connectivity index (χ1v) is 6.87. The van der Waals surface area contributed by atoms with Crippen LogP contribution in [0.3, 0.4) is 0 Å². The van der Waals surface area contributed by atoms with E-state index in [0.29, 0.717) is 12.1 Å². The number of carboxylic acids is 1. The van der Waals surface area contributed by atoms with Crippen molar-refractivity contribution in [1.29, 1.82) is 0 Å². The molecule has 6 heteroatoms. The molecule has 1 amide bonds. The normalized spacial score (nSPS) is 22.0. The third-order valence-corrected chi connectivity index (χ3v) is 3.79. The maximum Gasteiger partial charge on any atom is 0.310 e. The predicted octanol–water partition coefficient (Wildman–Crippen LogP) is 0.660. The van der Waals surface area contributed by atoms with Gasteiger partial charge in [-0.3, -0.25) is 9.59 Å². The fraction of sp³-hybridized carbons (Fsp3) is 0.467. The summed E-state index contributed by atoms with van der Waals surface area (Å²) >= 11 is 0. The number of hydrogen-bond donors (Lipinski definition) is 2. The van der Waals surface area contributed by atoms with E-state index in [4.69, 9.17) is 5.11 Å². The van der Waals surface area contributed by atoms with Crippen molar-refractivity contribution >= 4 is 17.6 Å². The molecule has 0 bridgehead atoms. The number of anilines is 1. The second kappa shape index (κ2) is 6.13. The van der Waals surface area contributed by atoms with Crippen molar-refractivity contribution in [1.82, 2.24) is 4.90 Å². The Balaban J connectivity index is 2.16. The van der Waals surface area contributed by atoms with Gasteiger partial charge in [-0.2, -0.15) is 0 Å². The SMILES string of the molecule is CN(C)c1cccc(C(=O)N2CC[C@H](O)[C@H](C(=O)O)C2)c1. The monoisotopic (exact) mass is 292 g/mol. The van der Waals surface area contributed by atoms with Gasteiger partial charge >= 0.3 is 5.97 Å². The summed E-state index contributed by atoms with van der Waals surface area (Å²) in [7, 11) is 3.78. The number of aliphatic hydroxyl groups is 1. The number of carbonyl (C=O) groups is 2. The van der Waals surface area contributed by atoms with Gasteiger partial charge in [-0.1, -0.05) is 6.07 Å². The Morgan fingerprint density at radius 3 is 2.67 bits per heavy atom. The highest BCUT2D eigenvalue weighted by atomic mass is 16.4. The van der Waals surface area contributed by atoms with E-state index in [1.54, 1.807) is 18.2 Å². The predicted molar refractivity (Wildman–Crippen MR) is 78.4 cm³/mol. The zero-order valence-electron chi connectivity index (χ0n) is 12.2. The summed E-state index contributed by atoms with van der Waals surface area (Å²) in [6.45, 7) is 0.414. The van der Waals surface area contributed by atoms with Crippen LogP contribution in [0.25, 0.3) is 0 Å². The lowest BCUT2D eigenvalue weighted by Crippen LogP contribution is -2.48. The Labute approximate surface area is 123 Å². The molecule has 0 spiro atoms. The maximum atomic E-state index is 12.5. The molecule has 6 nitrogen and oxygen atoms in total. The molecule has 2 rings (SSSR count). The molecule has 21 heavy (non-hydrogen) atoms. The second-order valence-corrected chi connectivity index (χ2v) is 5.50. The fourth-order valence-electron chi connectivity index (χ4n) is 2.47. The number of nitrogens with zero attached hydrogens (tertiary/aromatic N) is 2. The van der Waals surface area contributed by atoms with Gasteiger partial charge in [0.15, 0.2) is 0 Å². The van der Waals surface area contributed by atoms with Crippen LogP contribution in [0, 0.1) is 5.92 Å². The van der Waals surface area contributed by atoms with Gasteiger partial charge in [0.2, 0.25) is 0 Å². The van der Waals surface area contributed by atoms with Gasteiger partial charge in [-0.15, -0.1) is 0 Å². The number of rotatable bonds is 3. The minimum absolute atomic E-state index is 0.0432. The summed E-state index contributed by atoms with van der Waals surface area (Å²) in [5.74, 6) is -2.18. The van der Waals surface area contributed by atoms with Gasteiger partial charge in [-0.05, 0) is 24.6 Å². The van der Waals surface area contributed by atoms with Crippen LogP contribution in [0.2, 0.25) is 0 Å². The Hall–Kier alpha value is -2.08. The highest BCUT2D eigenvalue weighted by molar-refractivity contribution is 5.95. The zero-order chi connectivity index (χ0) is 15.6. The number of amides is 1. The molecule has 1 fully saturated rings. The van der Waals surface area contributed by atoms with Gasteiger partial charge in [0.25, 0.3) is 5.91 Å². The highest BCUT2D eigenvalue weighted by Crippen LogP contribution is 2.21. The lowest BCUT2D eigenvalue weighted by atomic mass is 9.94. The van der Waals surface area contributed by atoms with E-state index < -0.39 is 18.0 Å². The van der Waals surface area contributed by atoms with E-state index >= 15 is 0 Å². The summed E-state index contributed by atoms with van der Waals surface area (Å²) in [6, 6.07) is 7.20. The second-order valence-electron chi connectivity index (χ2n) is 5.50. The smallest absolute Gasteiger partial charge is 0.310 e. The molecule has 1 aromatic rings. The molecule has 1 heterocycles. The number of aliphatic hydroxyl groups excluding tert-OH is 1. The van der Waals surface area contributed by atoms with Crippen molar-refractivity contribution in [3.05, 3.63) is 29.8 Å². The number of piperidine rings is 1. The Morgan fingerprint density at radius 2 is 2.05 bits per heavy atom. The van der Waals surface area contributed by atoms with Crippen LogP contribution >= 0.6 is 0 Å². The minimum atomic E-state index is -1.07. The molecule has 0 saturated carbocycles. The number of aliphatic carboxylic acids is 1. The number of benzene rings is 1. The average Bonchev–Trinajstić information content (AvgIpc) is 2.46. The van der Waals surface area contributed by atoms with E-state index in [0.717, 1.165) is 5.69 Å². The van der Waals surface area contributed by atoms with Crippen LogP contribution < -0.4 is 4.90 Å². The van der Waals surface area contributed by atoms with Crippen molar-refractivity contribution in [2.75, 3.05) is 32.1 Å². The van der Waals surface area contributed by atoms with Gasteiger partial charge in [-0.25, -0.2) is 0 Å². The highest BCUT2D eigenvalue weighted by Gasteiger charge is 2.35. The lowest BCUT2D eigenvalue weighted by molar-refractivity contribution is -0.148. The minimum Gasteiger partial charge on any atom is -0.481 e. The first-order valence-electron chi connectivity index (χ1n) is 6.87. The molecule has 1 aliphatic rings. The largest absolute Gasteiger partial charge is 0.481 e. The van der Waals surface area contributed by atoms with Gasteiger partial charge < -0.3 is 20.0 Å². The van der Waals surface area contributed by atoms with Crippen LogP contribution in [-0.4, -0.2) is 60.3 Å². The summed E-state index contributed by atoms with van der Waals surface area (Å²) in [5.41, 5.74) is 1.44. The first kappa shape index (κ1) is 15.3. The molecule has 114 valence electrons. The molecule has 0 unspecified atom stereocenters. The molecule has 0 radical (unpaired) electrons. The van der Waals surface area contributed by atoms with Crippen LogP contribution in [-0.2, 0) is 4.79 Å². The Kier molecular flexibility index (Phi) is 4.47. The molecule has 2 N–H and O–H groups in total. The Morgan fingerprint density at radius 1 is 1.33 bits per heavy atom. The zero-order valence-corrected chi connectivity index (χ0v) is 12.2. The van der Waals surface area contributed by atoms with E-state index in [2.05, 4.69) is 0 Å². The molecular weight excluding hydrogens is 272 g/mol. The van der Waals surface area contributed by atoms with Gasteiger partial charge in [0, 0.05) is 38.4 Å². The summed E-state index contributed by atoms with van der Waals surface area (Å²) in [4.78, 5) is 27.0. The quantitative estimate of drug-likeness (QED) is 0.855. The van der Waals surface area contributed by atoms with Crippen molar-refractivity contribution in [2.45, 2.75) is 12.5 Å². The van der Waals surface area contributed by atoms with Crippen LogP contribution in [0.5, 0.6) is 0 Å². The van der Waals surface area contributed by atoms with Crippen molar-refractivity contribution in [3.8, 4) is 0 Å². The third kappa shape index (κ3) is 3.33. The van der Waals surface area contributed by atoms with Crippen molar-refractivity contribution in [2.24, 2.45) is 5.92 Å². The molecular formula is C15H20N2O4. The molecule has 2 atom stereocenters. The van der Waals surface area contributed by atoms with Crippen LogP contribution in [0.4, 0.5) is 5.69 Å². The molecule has 1 aromatic carbocycles. The van der Waals surface area contributed by atoms with Crippen LogP contribution in [0.15, 0.2) is 24.3 Å². The average molecular weight is 292 g/mol. The van der Waals surface area contributed by atoms with E-state index in [1.807, 2.05) is 25.1 Å². The van der Waals surface area contributed by atoms with Crippen molar-refractivity contribution in [3.63, 3.8) is 0 Å². The third-order valence-electron chi connectivity index (χ3n) is 3.79. The number of hydrogen-bond acceptors (Lipinski definition) is 4. The number of likely N-dealkylation sites (tertiary alicyclic amines) is 1. The standard InChI is InChI=1S/C15H20N2O4/c1-16(2)11-5-3-4-10(8-11)14(19)17-7-6-13(18)12(9-17)15(20)21/h3-5,8,12-13,18H,6-7,9H2,1-2H3,(H,20,21)/t12-,13+/m1/s1. The maximum absolute atomic E-state index is 12.5. The number of carbonyl (C=O) groups excluding carboxylic acids is 1. The summed E-state index contributed by atoms with van der Waals surface area (Å²) < 4.78 is 0. The molecule has 1 saturated heterocycles.